The van der Waals surface area contributed by atoms with Gasteiger partial charge in [-0.05, 0) is 45.1 Å². The van der Waals surface area contributed by atoms with Crippen molar-refractivity contribution in [2.24, 2.45) is 0 Å². The summed E-state index contributed by atoms with van der Waals surface area (Å²) < 4.78 is 25.4. The van der Waals surface area contributed by atoms with Crippen LogP contribution in [0.2, 0.25) is 0 Å². The van der Waals surface area contributed by atoms with Gasteiger partial charge in [0.05, 0.1) is 5.69 Å². The molecule has 0 aromatic heterocycles. The average molecular weight is 429 g/mol. The Labute approximate surface area is 174 Å². The Morgan fingerprint density at radius 2 is 1.37 bits per heavy atom. The van der Waals surface area contributed by atoms with Gasteiger partial charge >= 0.3 is 18.6 Å². The van der Waals surface area contributed by atoms with E-state index in [0.29, 0.717) is 14.3 Å². The molecule has 0 aliphatic rings. The van der Waals surface area contributed by atoms with Crippen molar-refractivity contribution in [3.63, 3.8) is 0 Å². The fraction of sp³-hybridized carbons (Fsp3) is 0.0476. The molecule has 4 rings (SSSR count). The van der Waals surface area contributed by atoms with Crippen LogP contribution in [-0.2, 0) is 29.8 Å². The van der Waals surface area contributed by atoms with Gasteiger partial charge < -0.3 is 9.27 Å². The van der Waals surface area contributed by atoms with Crippen molar-refractivity contribution >= 4 is 52.4 Å². The molecule has 0 saturated heterocycles. The van der Waals surface area contributed by atoms with Gasteiger partial charge in [0.15, 0.2) is 0 Å². The number of hydrogen-bond donors (Lipinski definition) is 1. The van der Waals surface area contributed by atoms with Gasteiger partial charge in [-0.2, -0.15) is 0 Å². The largest absolute Gasteiger partial charge is 2.00 e. The summed E-state index contributed by atoms with van der Waals surface area (Å²) in [5, 5.41) is 5.63. The van der Waals surface area contributed by atoms with E-state index in [1.54, 1.807) is 0 Å². The van der Waals surface area contributed by atoms with Crippen molar-refractivity contribution in [1.29, 1.82) is 0 Å². The maximum Gasteiger partial charge on any atom is 2.00 e. The fourth-order valence-corrected chi connectivity index (χ4v) is 4.57. The van der Waals surface area contributed by atoms with Crippen LogP contribution >= 0.6 is 8.58 Å². The molecule has 0 spiro atoms. The van der Waals surface area contributed by atoms with Crippen LogP contribution in [-0.4, -0.2) is 15.4 Å². The van der Waals surface area contributed by atoms with Crippen molar-refractivity contribution in [3.8, 4) is 11.1 Å². The zero-order valence-corrected chi connectivity index (χ0v) is 17.8. The summed E-state index contributed by atoms with van der Waals surface area (Å²) in [5.41, 5.74) is 2.65. The Balaban J connectivity index is 0.00000210. The van der Waals surface area contributed by atoms with Crippen molar-refractivity contribution < 1.29 is 27.3 Å². The molecule has 1 radical (unpaired) electrons. The van der Waals surface area contributed by atoms with E-state index in [1.165, 1.54) is 5.30 Å². The summed E-state index contributed by atoms with van der Waals surface area (Å²) in [6, 6.07) is 24.4. The van der Waals surface area contributed by atoms with Gasteiger partial charge in [0.2, 0.25) is 0 Å². The van der Waals surface area contributed by atoms with E-state index in [1.807, 2.05) is 42.5 Å². The molecule has 6 heteroatoms. The van der Waals surface area contributed by atoms with Crippen LogP contribution in [0.1, 0.15) is 0 Å². The molecule has 27 heavy (non-hydrogen) atoms. The number of anilines is 1. The predicted octanol–water partition coefficient (Wildman–Crippen LogP) is 4.80. The Kier molecular flexibility index (Phi) is 6.36. The summed E-state index contributed by atoms with van der Waals surface area (Å²) in [6.45, 7) is 2.15. The van der Waals surface area contributed by atoms with Crippen molar-refractivity contribution in [3.05, 3.63) is 72.8 Å². The molecule has 0 heterocycles. The van der Waals surface area contributed by atoms with Gasteiger partial charge in [-0.3, -0.25) is 4.21 Å². The maximum atomic E-state index is 11.4. The van der Waals surface area contributed by atoms with Crippen LogP contribution in [0.15, 0.2) is 72.8 Å². The first-order chi connectivity index (χ1) is 12.7. The number of fused-ring (bicyclic) bond motifs is 2. The zero-order chi connectivity index (χ0) is 18.1. The molecule has 4 aromatic carbocycles. The fourth-order valence-electron chi connectivity index (χ4n) is 3.46. The SMILES string of the molecule is CPc1ccc2ccccc2c1-c1c(NS(=O)[O-])ccc2ccccc12.[V+2]. The molecule has 0 amide bonds. The minimum absolute atomic E-state index is 0. The van der Waals surface area contributed by atoms with Crippen molar-refractivity contribution in [2.75, 3.05) is 11.4 Å². The van der Waals surface area contributed by atoms with Gasteiger partial charge in [-0.15, -0.1) is 0 Å². The number of rotatable bonds is 4. The third kappa shape index (κ3) is 3.82. The van der Waals surface area contributed by atoms with E-state index in [2.05, 4.69) is 41.7 Å². The zero-order valence-electron chi connectivity index (χ0n) is 14.6. The molecule has 0 bridgehead atoms. The smallest absolute Gasteiger partial charge is 0.755 e. The Bertz CT molecular complexity index is 1150. The molecule has 0 aliphatic heterocycles. The minimum Gasteiger partial charge on any atom is -0.755 e. The topological polar surface area (TPSA) is 52.2 Å². The van der Waals surface area contributed by atoms with E-state index in [-0.39, 0.29) is 18.6 Å². The van der Waals surface area contributed by atoms with Crippen molar-refractivity contribution in [2.45, 2.75) is 0 Å². The van der Waals surface area contributed by atoms with Gasteiger partial charge in [0.1, 0.15) is 0 Å². The van der Waals surface area contributed by atoms with E-state index in [4.69, 9.17) is 0 Å². The normalized spacial score (nSPS) is 12.4. The molecule has 0 aliphatic carbocycles. The summed E-state index contributed by atoms with van der Waals surface area (Å²) >= 11 is -2.38. The summed E-state index contributed by atoms with van der Waals surface area (Å²) in [6.07, 6.45) is 0. The summed E-state index contributed by atoms with van der Waals surface area (Å²) in [7, 11) is 0.599. The first-order valence-corrected chi connectivity index (χ1v) is 10.8. The average Bonchev–Trinajstić information content (AvgIpc) is 2.67. The number of hydrogen-bond acceptors (Lipinski definition) is 2. The maximum absolute atomic E-state index is 11.4. The first kappa shape index (κ1) is 20.1. The molecule has 2 atom stereocenters. The number of nitrogens with one attached hydrogen (secondary N) is 1. The van der Waals surface area contributed by atoms with Gasteiger partial charge in [0, 0.05) is 16.8 Å². The second kappa shape index (κ2) is 8.56. The predicted molar refractivity (Wildman–Crippen MR) is 113 cm³/mol. The van der Waals surface area contributed by atoms with E-state index in [0.717, 1.165) is 32.7 Å². The van der Waals surface area contributed by atoms with Gasteiger partial charge in [-0.25, -0.2) is 0 Å². The van der Waals surface area contributed by atoms with Crippen LogP contribution in [0.25, 0.3) is 32.7 Å². The van der Waals surface area contributed by atoms with Crippen molar-refractivity contribution in [1.82, 2.24) is 0 Å². The van der Waals surface area contributed by atoms with Crippen LogP contribution in [0, 0.1) is 0 Å². The van der Waals surface area contributed by atoms with Gasteiger partial charge in [0.25, 0.3) is 0 Å². The molecule has 0 saturated carbocycles. The Morgan fingerprint density at radius 1 is 0.815 bits per heavy atom. The van der Waals surface area contributed by atoms with Crippen LogP contribution in [0.4, 0.5) is 5.69 Å². The molecule has 133 valence electrons. The first-order valence-electron chi connectivity index (χ1n) is 8.26. The molecular formula is C21H17NO2PSV+. The summed E-state index contributed by atoms with van der Waals surface area (Å²) in [5.74, 6) is 0. The quantitative estimate of drug-likeness (QED) is 0.374. The molecular weight excluding hydrogens is 412 g/mol. The molecule has 1 N–H and O–H groups in total. The third-order valence-electron chi connectivity index (χ3n) is 4.57. The number of benzene rings is 4. The van der Waals surface area contributed by atoms with Gasteiger partial charge in [-0.1, -0.05) is 75.3 Å². The molecule has 4 aromatic rings. The Morgan fingerprint density at radius 3 is 1.96 bits per heavy atom. The van der Waals surface area contributed by atoms with Crippen LogP contribution < -0.4 is 10.0 Å². The van der Waals surface area contributed by atoms with Crippen LogP contribution in [0.3, 0.4) is 0 Å². The molecule has 0 fully saturated rings. The Hall–Kier alpha value is -1.68. The monoisotopic (exact) mass is 429 g/mol. The van der Waals surface area contributed by atoms with Crippen LogP contribution in [0.5, 0.6) is 0 Å². The standard InChI is InChI=1S/C21H18NO2PS.V/c1-25-19-13-11-15-7-3-5-9-17(15)21(19)20-16-8-4-2-6-14(16)10-12-18(20)22-26(23)24;/h2-13,22,25H,1H3,(H,23,24);/q;+2/p-1. The molecule has 2 unspecified atom stereocenters. The summed E-state index contributed by atoms with van der Waals surface area (Å²) in [4.78, 5) is 0. The van der Waals surface area contributed by atoms with E-state index >= 15 is 0 Å². The third-order valence-corrected chi connectivity index (χ3v) is 5.91. The molecule has 3 nitrogen and oxygen atoms in total. The van der Waals surface area contributed by atoms with E-state index < -0.39 is 11.3 Å². The minimum atomic E-state index is -2.38. The second-order valence-electron chi connectivity index (χ2n) is 6.01. The van der Waals surface area contributed by atoms with E-state index in [9.17, 15) is 8.76 Å². The second-order valence-corrected chi connectivity index (χ2v) is 7.72.